The van der Waals surface area contributed by atoms with Gasteiger partial charge in [0.2, 0.25) is 0 Å². The molecule has 1 saturated carbocycles. The van der Waals surface area contributed by atoms with Gasteiger partial charge in [-0.15, -0.1) is 0 Å². The van der Waals surface area contributed by atoms with Crippen molar-refractivity contribution in [3.63, 3.8) is 0 Å². The van der Waals surface area contributed by atoms with Gasteiger partial charge in [-0.05, 0) is 40.2 Å². The van der Waals surface area contributed by atoms with Gasteiger partial charge in [0, 0.05) is 5.92 Å². The van der Waals surface area contributed by atoms with Crippen molar-refractivity contribution in [2.24, 2.45) is 5.92 Å². The molecule has 1 aromatic carbocycles. The highest BCUT2D eigenvalue weighted by atomic mass is 31.2. The molecule has 0 aliphatic heterocycles. The van der Waals surface area contributed by atoms with Gasteiger partial charge in [0.05, 0.1) is 39.0 Å². The fraction of sp³-hybridized carbons (Fsp3) is 0.650. The first-order valence-corrected chi connectivity index (χ1v) is 13.4. The van der Waals surface area contributed by atoms with Gasteiger partial charge in [-0.1, -0.05) is 30.3 Å². The van der Waals surface area contributed by atoms with Crippen molar-refractivity contribution in [3.8, 4) is 0 Å². The maximum absolute atomic E-state index is 14.2. The van der Waals surface area contributed by atoms with E-state index in [-0.39, 0.29) is 33.0 Å². The van der Waals surface area contributed by atoms with Gasteiger partial charge < -0.3 is 22.8 Å². The number of carbonyl (C=O) groups excluding carboxylic acids is 1. The van der Waals surface area contributed by atoms with Crippen LogP contribution in [0.3, 0.4) is 0 Å². The molecule has 2 atom stereocenters. The van der Waals surface area contributed by atoms with Crippen LogP contribution in [0.2, 0.25) is 0 Å². The van der Waals surface area contributed by atoms with Crippen LogP contribution in [0.1, 0.15) is 46.1 Å². The second-order valence-electron chi connectivity index (χ2n) is 6.57. The maximum Gasteiger partial charge on any atom is 0.350 e. The second-order valence-corrected chi connectivity index (χ2v) is 11.4. The molecule has 0 saturated heterocycles. The third kappa shape index (κ3) is 4.19. The molecule has 0 unspecified atom stereocenters. The topological polar surface area (TPSA) is 97.4 Å². The molecule has 0 spiro atoms. The van der Waals surface area contributed by atoms with Gasteiger partial charge in [-0.2, -0.15) is 0 Å². The van der Waals surface area contributed by atoms with Crippen molar-refractivity contribution in [2.75, 3.05) is 33.0 Å². The Morgan fingerprint density at radius 2 is 1.23 bits per heavy atom. The second kappa shape index (κ2) is 10.5. The molecule has 8 nitrogen and oxygen atoms in total. The van der Waals surface area contributed by atoms with E-state index in [2.05, 4.69) is 0 Å². The number of rotatable bonds is 13. The fourth-order valence-corrected chi connectivity index (χ4v) is 10.5. The average molecular weight is 462 g/mol. The van der Waals surface area contributed by atoms with E-state index in [9.17, 15) is 13.9 Å². The molecular weight excluding hydrogens is 430 g/mol. The van der Waals surface area contributed by atoms with Crippen molar-refractivity contribution in [3.05, 3.63) is 35.9 Å². The Balaban J connectivity index is 2.82. The number of carbonyl (C=O) groups is 1. The molecule has 2 rings (SSSR count). The minimum atomic E-state index is -4.16. The van der Waals surface area contributed by atoms with Gasteiger partial charge >= 0.3 is 21.2 Å². The van der Waals surface area contributed by atoms with Crippen LogP contribution in [-0.2, 0) is 36.8 Å². The summed E-state index contributed by atoms with van der Waals surface area (Å²) in [6.07, 6.45) is 0. The van der Waals surface area contributed by atoms with Crippen molar-refractivity contribution in [1.82, 2.24) is 0 Å². The lowest BCUT2D eigenvalue weighted by atomic mass is 10.1. The average Bonchev–Trinajstić information content (AvgIpc) is 3.43. The molecule has 0 amide bonds. The monoisotopic (exact) mass is 462 g/mol. The molecule has 30 heavy (non-hydrogen) atoms. The van der Waals surface area contributed by atoms with E-state index in [1.165, 1.54) is 0 Å². The zero-order valence-electron chi connectivity index (χ0n) is 18.2. The summed E-state index contributed by atoms with van der Waals surface area (Å²) >= 11 is 0. The lowest BCUT2D eigenvalue weighted by Gasteiger charge is -2.33. The third-order valence-corrected chi connectivity index (χ3v) is 11.6. The molecule has 0 radical (unpaired) electrons. The third-order valence-electron chi connectivity index (χ3n) is 4.91. The summed E-state index contributed by atoms with van der Waals surface area (Å²) in [6, 6.07) is 8.97. The van der Waals surface area contributed by atoms with Crippen LogP contribution in [0.25, 0.3) is 0 Å². The molecule has 1 aliphatic rings. The number of esters is 1. The molecule has 1 aliphatic carbocycles. The lowest BCUT2D eigenvalue weighted by molar-refractivity contribution is -0.145. The summed E-state index contributed by atoms with van der Waals surface area (Å²) in [6.45, 7) is 8.57. The van der Waals surface area contributed by atoms with Crippen LogP contribution in [0.5, 0.6) is 0 Å². The van der Waals surface area contributed by atoms with Crippen molar-refractivity contribution < 1.29 is 36.8 Å². The van der Waals surface area contributed by atoms with E-state index >= 15 is 0 Å². The fourth-order valence-electron chi connectivity index (χ4n) is 4.00. The van der Waals surface area contributed by atoms with Crippen LogP contribution in [0.4, 0.5) is 0 Å². The molecule has 1 aromatic rings. The summed E-state index contributed by atoms with van der Waals surface area (Å²) < 4.78 is 56.3. The van der Waals surface area contributed by atoms with Crippen LogP contribution in [0, 0.1) is 5.92 Å². The lowest BCUT2D eigenvalue weighted by Crippen LogP contribution is -2.25. The smallest absolute Gasteiger partial charge is 0.350 e. The molecule has 0 heterocycles. The highest BCUT2D eigenvalue weighted by Gasteiger charge is 2.88. The van der Waals surface area contributed by atoms with E-state index in [0.29, 0.717) is 5.56 Å². The Bertz CT molecular complexity index is 747. The quantitative estimate of drug-likeness (QED) is 0.292. The van der Waals surface area contributed by atoms with Gasteiger partial charge in [0.1, 0.15) is 0 Å². The summed E-state index contributed by atoms with van der Waals surface area (Å²) in [5.41, 5.74) is 0.662. The van der Waals surface area contributed by atoms with Gasteiger partial charge in [0.25, 0.3) is 0 Å². The minimum Gasteiger partial charge on any atom is -0.466 e. The Hall–Kier alpha value is -1.01. The standard InChI is InChI=1S/C20H32O8P2/c1-6-24-19(21)18-17(16-14-12-11-13-15-16)20(18,29(22,25-7-2)26-8-3)30(23,27-9-4)28-10-5/h11-15,17-18H,6-10H2,1-5H3/t17-,18+/m0/s1. The van der Waals surface area contributed by atoms with E-state index in [1.807, 2.05) is 6.07 Å². The predicted molar refractivity (Wildman–Crippen MR) is 114 cm³/mol. The molecule has 0 aromatic heterocycles. The molecular formula is C20H32O8P2. The SMILES string of the molecule is CCOC(=O)[C@H]1[C@H](c2ccccc2)C1(P(=O)(OCC)OCC)P(=O)(OCC)OCC. The van der Waals surface area contributed by atoms with Crippen LogP contribution >= 0.6 is 15.2 Å². The molecule has 0 bridgehead atoms. The van der Waals surface area contributed by atoms with Crippen molar-refractivity contribution in [2.45, 2.75) is 45.4 Å². The first-order chi connectivity index (χ1) is 14.3. The van der Waals surface area contributed by atoms with Crippen molar-refractivity contribution >= 4 is 21.2 Å². The Labute approximate surface area is 178 Å². The van der Waals surface area contributed by atoms with Crippen LogP contribution in [-0.4, -0.2) is 43.9 Å². The van der Waals surface area contributed by atoms with Gasteiger partial charge in [0.15, 0.2) is 4.90 Å². The Kier molecular flexibility index (Phi) is 8.87. The number of hydrogen-bond donors (Lipinski definition) is 0. The predicted octanol–water partition coefficient (Wildman–Crippen LogP) is 5.19. The maximum atomic E-state index is 14.2. The van der Waals surface area contributed by atoms with E-state index in [0.717, 1.165) is 0 Å². The molecule has 1 fully saturated rings. The summed E-state index contributed by atoms with van der Waals surface area (Å²) in [5, 5.41) is 0. The Morgan fingerprint density at radius 3 is 1.60 bits per heavy atom. The zero-order valence-corrected chi connectivity index (χ0v) is 20.0. The number of hydrogen-bond acceptors (Lipinski definition) is 8. The highest BCUT2D eigenvalue weighted by Crippen LogP contribution is 2.94. The highest BCUT2D eigenvalue weighted by molar-refractivity contribution is 7.75. The first-order valence-electron chi connectivity index (χ1n) is 10.3. The largest absolute Gasteiger partial charge is 0.466 e. The van der Waals surface area contributed by atoms with Crippen molar-refractivity contribution in [1.29, 1.82) is 0 Å². The summed E-state index contributed by atoms with van der Waals surface area (Å²) in [5.74, 6) is -2.47. The minimum absolute atomic E-state index is 0.0360. The summed E-state index contributed by atoms with van der Waals surface area (Å²) in [4.78, 5) is 11.2. The molecule has 0 N–H and O–H groups in total. The molecule has 10 heteroatoms. The van der Waals surface area contributed by atoms with E-state index in [1.54, 1.807) is 58.9 Å². The first kappa shape index (κ1) is 25.3. The number of ether oxygens (including phenoxy) is 1. The normalized spacial score (nSPS) is 20.7. The van der Waals surface area contributed by atoms with E-state index < -0.39 is 37.9 Å². The van der Waals surface area contributed by atoms with Crippen LogP contribution in [0.15, 0.2) is 30.3 Å². The van der Waals surface area contributed by atoms with E-state index in [4.69, 9.17) is 22.8 Å². The van der Waals surface area contributed by atoms with Gasteiger partial charge in [-0.25, -0.2) is 0 Å². The zero-order chi connectivity index (χ0) is 22.4. The van der Waals surface area contributed by atoms with Gasteiger partial charge in [-0.3, -0.25) is 13.9 Å². The Morgan fingerprint density at radius 1 is 0.800 bits per heavy atom. The summed E-state index contributed by atoms with van der Waals surface area (Å²) in [7, 11) is -8.32. The number of benzene rings is 1. The van der Waals surface area contributed by atoms with Crippen LogP contribution < -0.4 is 0 Å². The molecule has 170 valence electrons.